The number of esters is 1. The molecule has 0 N–H and O–H groups in total. The van der Waals surface area contributed by atoms with E-state index >= 15 is 0 Å². The highest BCUT2D eigenvalue weighted by molar-refractivity contribution is 9.10. The predicted molar refractivity (Wildman–Crippen MR) is 158 cm³/mol. The number of rotatable bonds is 9. The van der Waals surface area contributed by atoms with Crippen molar-refractivity contribution >= 4 is 45.0 Å². The van der Waals surface area contributed by atoms with Gasteiger partial charge in [-0.3, -0.25) is 9.36 Å². The predicted octanol–water partition coefficient (Wildman–Crippen LogP) is 4.42. The number of aromatic nitrogens is 1. The largest absolute Gasteiger partial charge is 0.497 e. The summed E-state index contributed by atoms with van der Waals surface area (Å²) in [6.07, 6.45) is 3.17. The van der Waals surface area contributed by atoms with Crippen molar-refractivity contribution in [2.45, 2.75) is 32.7 Å². The highest BCUT2D eigenvalue weighted by atomic mass is 79.9. The van der Waals surface area contributed by atoms with Gasteiger partial charge >= 0.3 is 5.97 Å². The fourth-order valence-electron chi connectivity index (χ4n) is 4.60. The molecule has 0 bridgehead atoms. The third-order valence-electron chi connectivity index (χ3n) is 6.37. The van der Waals surface area contributed by atoms with Crippen LogP contribution in [0.2, 0.25) is 0 Å². The molecule has 2 heterocycles. The molecule has 2 aromatic carbocycles. The number of ether oxygens (including phenoxy) is 3. The number of nitrogens with zero attached hydrogens (tertiary/aromatic N) is 3. The molecule has 1 aliphatic rings. The molecule has 3 aromatic rings. The van der Waals surface area contributed by atoms with Gasteiger partial charge in [-0.05, 0) is 71.2 Å². The van der Waals surface area contributed by atoms with Crippen LogP contribution in [0.3, 0.4) is 0 Å². The van der Waals surface area contributed by atoms with Crippen molar-refractivity contribution in [2.75, 3.05) is 39.8 Å². The van der Waals surface area contributed by atoms with E-state index in [9.17, 15) is 9.59 Å². The summed E-state index contributed by atoms with van der Waals surface area (Å²) in [7, 11) is 7.08. The number of halogens is 1. The van der Waals surface area contributed by atoms with E-state index in [4.69, 9.17) is 19.2 Å². The van der Waals surface area contributed by atoms with Crippen molar-refractivity contribution in [1.82, 2.24) is 4.57 Å². The zero-order valence-electron chi connectivity index (χ0n) is 22.9. The molecule has 8 nitrogen and oxygen atoms in total. The Morgan fingerprint density at radius 1 is 1.15 bits per heavy atom. The number of hydrogen-bond acceptors (Lipinski definition) is 8. The molecule has 0 spiro atoms. The topological polar surface area (TPSA) is 82.4 Å². The average Bonchev–Trinajstić information content (AvgIpc) is 3.21. The number of carbonyl (C=O) groups excluding carboxylic acids is 1. The standard InChI is InChI=1S/C29H32BrN3O5S/c1-7-9-21-25(28(35)38-8-2)26(19-16-18(36-5)11-13-23(19)37-6)33-27(34)24(39-29(33)31-21)15-17-10-12-22(32(3)4)20(30)14-17/h10-16,26H,7-9H2,1-6H3/b24-15-/t26-/m1/s1. The van der Waals surface area contributed by atoms with E-state index in [1.807, 2.05) is 50.2 Å². The first-order chi connectivity index (χ1) is 18.7. The summed E-state index contributed by atoms with van der Waals surface area (Å²) in [5.41, 5.74) is 3.21. The lowest BCUT2D eigenvalue weighted by Gasteiger charge is -2.27. The Morgan fingerprint density at radius 2 is 1.92 bits per heavy atom. The van der Waals surface area contributed by atoms with Gasteiger partial charge < -0.3 is 19.1 Å². The first-order valence-corrected chi connectivity index (χ1v) is 14.3. The average molecular weight is 615 g/mol. The van der Waals surface area contributed by atoms with Crippen LogP contribution in [0.25, 0.3) is 6.08 Å². The van der Waals surface area contributed by atoms with Crippen LogP contribution in [0.15, 0.2) is 61.9 Å². The molecular formula is C29H32BrN3O5S. The molecule has 0 amide bonds. The number of allylic oxidation sites excluding steroid dienone is 1. The van der Waals surface area contributed by atoms with E-state index in [0.717, 1.165) is 22.1 Å². The van der Waals surface area contributed by atoms with Crippen LogP contribution in [0, 0.1) is 0 Å². The Hall–Kier alpha value is -3.37. The normalized spacial score (nSPS) is 15.1. The third-order valence-corrected chi connectivity index (χ3v) is 7.99. The minimum Gasteiger partial charge on any atom is -0.497 e. The number of fused-ring (bicyclic) bond motifs is 1. The smallest absolute Gasteiger partial charge is 0.338 e. The molecule has 1 atom stereocenters. The van der Waals surface area contributed by atoms with Crippen LogP contribution in [0.4, 0.5) is 5.69 Å². The highest BCUT2D eigenvalue weighted by Gasteiger charge is 2.36. The lowest BCUT2D eigenvalue weighted by Crippen LogP contribution is -2.40. The Balaban J connectivity index is 2.02. The molecule has 1 aromatic heterocycles. The Bertz CT molecular complexity index is 1610. The van der Waals surface area contributed by atoms with E-state index in [2.05, 4.69) is 15.9 Å². The summed E-state index contributed by atoms with van der Waals surface area (Å²) < 4.78 is 19.7. The molecule has 0 radical (unpaired) electrons. The molecule has 0 saturated carbocycles. The van der Waals surface area contributed by atoms with Crippen molar-refractivity contribution in [1.29, 1.82) is 0 Å². The van der Waals surface area contributed by atoms with E-state index in [1.165, 1.54) is 11.3 Å². The van der Waals surface area contributed by atoms with E-state index in [1.54, 1.807) is 43.9 Å². The Morgan fingerprint density at radius 3 is 2.54 bits per heavy atom. The second kappa shape index (κ2) is 12.2. The van der Waals surface area contributed by atoms with Crippen molar-refractivity contribution in [3.05, 3.63) is 83.0 Å². The van der Waals surface area contributed by atoms with Gasteiger partial charge in [-0.25, -0.2) is 9.79 Å². The summed E-state index contributed by atoms with van der Waals surface area (Å²) in [4.78, 5) is 34.8. The number of carbonyl (C=O) groups is 1. The summed E-state index contributed by atoms with van der Waals surface area (Å²) in [5, 5.41) is 0. The number of thiazole rings is 1. The molecule has 0 aliphatic carbocycles. The Labute approximate surface area is 240 Å². The van der Waals surface area contributed by atoms with Gasteiger partial charge in [-0.1, -0.05) is 30.7 Å². The minimum atomic E-state index is -0.795. The van der Waals surface area contributed by atoms with Crippen LogP contribution in [0.1, 0.15) is 43.9 Å². The molecule has 206 valence electrons. The molecule has 0 fully saturated rings. The second-order valence-electron chi connectivity index (χ2n) is 9.13. The molecule has 0 unspecified atom stereocenters. The van der Waals surface area contributed by atoms with Gasteiger partial charge in [0.1, 0.15) is 17.5 Å². The molecule has 10 heteroatoms. The van der Waals surface area contributed by atoms with Crippen LogP contribution in [-0.2, 0) is 9.53 Å². The summed E-state index contributed by atoms with van der Waals surface area (Å²) in [6, 6.07) is 10.5. The fourth-order valence-corrected chi connectivity index (χ4v) is 6.37. The van der Waals surface area contributed by atoms with E-state index in [0.29, 0.717) is 44.1 Å². The number of hydrogen-bond donors (Lipinski definition) is 0. The van der Waals surface area contributed by atoms with E-state index in [-0.39, 0.29) is 12.2 Å². The van der Waals surface area contributed by atoms with Gasteiger partial charge in [0, 0.05) is 24.1 Å². The third kappa shape index (κ3) is 5.67. The SMILES string of the molecule is CCCC1=C(C(=O)OCC)[C@@H](c2cc(OC)ccc2OC)n2c(s/c(=C\c3ccc(N(C)C)c(Br)c3)c2=O)=N1. The maximum Gasteiger partial charge on any atom is 0.338 e. The van der Waals surface area contributed by atoms with E-state index < -0.39 is 12.0 Å². The highest BCUT2D eigenvalue weighted by Crippen LogP contribution is 2.38. The maximum atomic E-state index is 14.0. The molecule has 4 rings (SSSR count). The van der Waals surface area contributed by atoms with Gasteiger partial charge in [0.05, 0.1) is 42.3 Å². The summed E-state index contributed by atoms with van der Waals surface area (Å²) in [5.74, 6) is 0.603. The van der Waals surface area contributed by atoms with Gasteiger partial charge in [0.25, 0.3) is 5.56 Å². The quantitative estimate of drug-likeness (QED) is 0.332. The zero-order chi connectivity index (χ0) is 28.3. The van der Waals surface area contributed by atoms with Crippen molar-refractivity contribution in [3.8, 4) is 11.5 Å². The van der Waals surface area contributed by atoms with Gasteiger partial charge in [0.2, 0.25) is 0 Å². The van der Waals surface area contributed by atoms with Crippen LogP contribution in [0.5, 0.6) is 11.5 Å². The summed E-state index contributed by atoms with van der Waals surface area (Å²) >= 11 is 4.92. The Kier molecular flexibility index (Phi) is 8.97. The van der Waals surface area contributed by atoms with Crippen molar-refractivity contribution in [2.24, 2.45) is 4.99 Å². The van der Waals surface area contributed by atoms with Gasteiger partial charge in [-0.2, -0.15) is 0 Å². The van der Waals surface area contributed by atoms with Crippen LogP contribution < -0.4 is 29.3 Å². The number of benzene rings is 2. The first kappa shape index (κ1) is 28.6. The number of anilines is 1. The van der Waals surface area contributed by atoms with Crippen LogP contribution in [-0.4, -0.2) is 45.5 Å². The molecule has 0 saturated heterocycles. The second-order valence-corrected chi connectivity index (χ2v) is 11.0. The monoisotopic (exact) mass is 613 g/mol. The number of methoxy groups -OCH3 is 2. The lowest BCUT2D eigenvalue weighted by atomic mass is 9.93. The molecule has 39 heavy (non-hydrogen) atoms. The van der Waals surface area contributed by atoms with Crippen molar-refractivity contribution < 1.29 is 19.0 Å². The minimum absolute atomic E-state index is 0.200. The fraction of sp³-hybridized carbons (Fsp3) is 0.345. The van der Waals surface area contributed by atoms with Gasteiger partial charge in [-0.15, -0.1) is 0 Å². The maximum absolute atomic E-state index is 14.0. The van der Waals surface area contributed by atoms with Crippen molar-refractivity contribution in [3.63, 3.8) is 0 Å². The van der Waals surface area contributed by atoms with Crippen LogP contribution >= 0.6 is 27.3 Å². The zero-order valence-corrected chi connectivity index (χ0v) is 25.3. The first-order valence-electron chi connectivity index (χ1n) is 12.6. The molecular weight excluding hydrogens is 582 g/mol. The van der Waals surface area contributed by atoms with Gasteiger partial charge in [0.15, 0.2) is 4.80 Å². The molecule has 1 aliphatic heterocycles. The summed E-state index contributed by atoms with van der Waals surface area (Å²) in [6.45, 7) is 3.98. The lowest BCUT2D eigenvalue weighted by molar-refractivity contribution is -0.139.